The van der Waals surface area contributed by atoms with Gasteiger partial charge in [-0.25, -0.2) is 0 Å². The molecule has 1 aromatic carbocycles. The first-order valence-electron chi connectivity index (χ1n) is 5.42. The summed E-state index contributed by atoms with van der Waals surface area (Å²) in [7, 11) is 0. The number of hydrogen-bond acceptors (Lipinski definition) is 2. The maximum atomic E-state index is 11.2. The van der Waals surface area contributed by atoms with Gasteiger partial charge < -0.3 is 0 Å². The van der Waals surface area contributed by atoms with E-state index in [4.69, 9.17) is 23.2 Å². The van der Waals surface area contributed by atoms with Gasteiger partial charge in [0, 0.05) is 11.5 Å². The summed E-state index contributed by atoms with van der Waals surface area (Å²) in [4.78, 5) is 22.4. The molecule has 0 aliphatic carbocycles. The van der Waals surface area contributed by atoms with Crippen molar-refractivity contribution in [2.24, 2.45) is 5.92 Å². The van der Waals surface area contributed by atoms with Gasteiger partial charge in [-0.2, -0.15) is 0 Å². The molecular weight excluding hydrogens is 271 g/mol. The lowest BCUT2D eigenvalue weighted by molar-refractivity contribution is -0.120. The monoisotopic (exact) mass is 282 g/mol. The zero-order valence-corrected chi connectivity index (χ0v) is 11.5. The van der Waals surface area contributed by atoms with Gasteiger partial charge in [-0.1, -0.05) is 37.8 Å². The molecule has 1 aromatic rings. The molecule has 18 heavy (non-hydrogen) atoms. The Balaban J connectivity index is 3.12. The predicted molar refractivity (Wildman–Crippen MR) is 72.6 cm³/mol. The van der Waals surface area contributed by atoms with E-state index in [2.05, 4.69) is 11.8 Å². The minimum Gasteiger partial charge on any atom is -0.280 e. The first-order valence-corrected chi connectivity index (χ1v) is 6.17. The van der Waals surface area contributed by atoms with Gasteiger partial charge in [0.15, 0.2) is 0 Å². The highest BCUT2D eigenvalue weighted by Gasteiger charge is 2.25. The van der Waals surface area contributed by atoms with Crippen LogP contribution in [0, 0.1) is 17.8 Å². The molecule has 0 aliphatic rings. The second kappa shape index (κ2) is 6.58. The highest BCUT2D eigenvalue weighted by Crippen LogP contribution is 2.22. The van der Waals surface area contributed by atoms with Crippen molar-refractivity contribution < 1.29 is 9.59 Å². The smallest absolute Gasteiger partial charge is 0.237 e. The summed E-state index contributed by atoms with van der Waals surface area (Å²) in [6.45, 7) is 3.95. The quantitative estimate of drug-likeness (QED) is 0.484. The zero-order chi connectivity index (χ0) is 13.7. The van der Waals surface area contributed by atoms with Crippen LogP contribution in [-0.2, 0) is 9.59 Å². The molecule has 0 aromatic heterocycles. The molecule has 1 rings (SSSR count). The Labute approximate surface area is 116 Å². The van der Waals surface area contributed by atoms with E-state index in [0.29, 0.717) is 5.56 Å². The van der Waals surface area contributed by atoms with Crippen molar-refractivity contribution in [1.82, 2.24) is 0 Å². The molecule has 0 atom stereocenters. The van der Waals surface area contributed by atoms with E-state index < -0.39 is 16.4 Å². The molecule has 2 nitrogen and oxygen atoms in total. The Kier molecular flexibility index (Phi) is 5.40. The molecule has 0 saturated heterocycles. The maximum absolute atomic E-state index is 11.2. The molecule has 0 aliphatic heterocycles. The lowest BCUT2D eigenvalue weighted by Gasteiger charge is -2.07. The highest BCUT2D eigenvalue weighted by molar-refractivity contribution is 6.74. The van der Waals surface area contributed by atoms with Crippen LogP contribution in [-0.4, -0.2) is 10.5 Å². The minimum absolute atomic E-state index is 0.244. The van der Waals surface area contributed by atoms with Crippen molar-refractivity contribution in [2.45, 2.75) is 19.8 Å². The van der Waals surface area contributed by atoms with Gasteiger partial charge in [0.2, 0.25) is 10.5 Å². The van der Waals surface area contributed by atoms with Gasteiger partial charge in [0.05, 0.1) is 0 Å². The first-order chi connectivity index (χ1) is 8.41. The predicted octanol–water partition coefficient (Wildman–Crippen LogP) is 3.31. The fourth-order valence-electron chi connectivity index (χ4n) is 1.37. The Morgan fingerprint density at radius 3 is 2.28 bits per heavy atom. The van der Waals surface area contributed by atoms with E-state index >= 15 is 0 Å². The molecule has 0 saturated carbocycles. The summed E-state index contributed by atoms with van der Waals surface area (Å²) >= 11 is 10.7. The van der Waals surface area contributed by atoms with Crippen molar-refractivity contribution in [2.75, 3.05) is 0 Å². The van der Waals surface area contributed by atoms with E-state index in [1.54, 1.807) is 24.3 Å². The van der Waals surface area contributed by atoms with Gasteiger partial charge in [-0.3, -0.25) is 9.59 Å². The summed E-state index contributed by atoms with van der Waals surface area (Å²) in [6, 6.07) is 6.80. The van der Waals surface area contributed by atoms with Crippen LogP contribution in [0.4, 0.5) is 0 Å². The average molecular weight is 283 g/mol. The normalized spacial score (nSPS) is 10.1. The summed E-state index contributed by atoms with van der Waals surface area (Å²) in [5, 5.41) is -1.58. The lowest BCUT2D eigenvalue weighted by atomic mass is 9.99. The second-order valence-electron chi connectivity index (χ2n) is 4.09. The van der Waals surface area contributed by atoms with Crippen molar-refractivity contribution in [3.05, 3.63) is 35.4 Å². The van der Waals surface area contributed by atoms with Gasteiger partial charge in [0.1, 0.15) is 5.92 Å². The van der Waals surface area contributed by atoms with Gasteiger partial charge in [-0.15, -0.1) is 0 Å². The van der Waals surface area contributed by atoms with E-state index in [9.17, 15) is 9.59 Å². The van der Waals surface area contributed by atoms with Crippen LogP contribution in [0.1, 0.15) is 30.9 Å². The topological polar surface area (TPSA) is 34.1 Å². The van der Waals surface area contributed by atoms with Crippen LogP contribution in [0.25, 0.3) is 0 Å². The third-order valence-electron chi connectivity index (χ3n) is 2.18. The summed E-state index contributed by atoms with van der Waals surface area (Å²) in [5.74, 6) is 5.07. The number of benzene rings is 1. The second-order valence-corrected chi connectivity index (χ2v) is 4.84. The molecule has 0 fully saturated rings. The zero-order valence-electron chi connectivity index (χ0n) is 10.0. The third-order valence-corrected chi connectivity index (χ3v) is 2.62. The van der Waals surface area contributed by atoms with Crippen LogP contribution >= 0.6 is 23.2 Å². The number of rotatable bonds is 3. The summed E-state index contributed by atoms with van der Waals surface area (Å²) in [5.41, 5.74) is 1.19. The molecule has 0 spiro atoms. The number of hydrogen-bond donors (Lipinski definition) is 0. The molecule has 0 unspecified atom stereocenters. The van der Waals surface area contributed by atoms with Crippen LogP contribution in [0.2, 0.25) is 0 Å². The van der Waals surface area contributed by atoms with Crippen molar-refractivity contribution in [3.8, 4) is 11.8 Å². The maximum Gasteiger partial charge on any atom is 0.237 e. The molecular formula is C14H12Cl2O2. The Hall–Kier alpha value is -1.30. The van der Waals surface area contributed by atoms with Crippen LogP contribution in [0.3, 0.4) is 0 Å². The molecule has 0 radical (unpaired) electrons. The molecule has 0 amide bonds. The van der Waals surface area contributed by atoms with Crippen LogP contribution in [0.15, 0.2) is 24.3 Å². The Morgan fingerprint density at radius 1 is 1.17 bits per heavy atom. The standard InChI is InChI=1S/C14H12Cl2O2/c1-9(2)6-7-10-4-3-5-11(8-10)12(13(15)17)14(16)18/h3-5,8-9,12H,1-2H3. The molecule has 0 bridgehead atoms. The SMILES string of the molecule is CC(C)C#Cc1cccc(C(C(=O)Cl)C(=O)Cl)c1. The van der Waals surface area contributed by atoms with Gasteiger partial charge in [0.25, 0.3) is 0 Å². The van der Waals surface area contributed by atoms with Gasteiger partial charge in [-0.05, 0) is 40.9 Å². The third kappa shape index (κ3) is 4.18. The molecule has 0 N–H and O–H groups in total. The number of halogens is 2. The van der Waals surface area contributed by atoms with Crippen LogP contribution < -0.4 is 0 Å². The fourth-order valence-corrected chi connectivity index (χ4v) is 1.88. The Morgan fingerprint density at radius 2 is 1.78 bits per heavy atom. The van der Waals surface area contributed by atoms with E-state index in [0.717, 1.165) is 5.56 Å². The fraction of sp³-hybridized carbons (Fsp3) is 0.286. The largest absolute Gasteiger partial charge is 0.280 e. The number of carbonyl (C=O) groups is 2. The summed E-state index contributed by atoms with van der Waals surface area (Å²) < 4.78 is 0. The van der Waals surface area contributed by atoms with Crippen molar-refractivity contribution in [3.63, 3.8) is 0 Å². The molecule has 0 heterocycles. The van der Waals surface area contributed by atoms with E-state index in [1.165, 1.54) is 0 Å². The summed E-state index contributed by atoms with van der Waals surface area (Å²) in [6.07, 6.45) is 0. The molecule has 94 valence electrons. The highest BCUT2D eigenvalue weighted by atomic mass is 35.5. The average Bonchev–Trinajstić information content (AvgIpc) is 2.26. The van der Waals surface area contributed by atoms with Crippen LogP contribution in [0.5, 0.6) is 0 Å². The number of carbonyl (C=O) groups excluding carboxylic acids is 2. The van der Waals surface area contributed by atoms with Crippen molar-refractivity contribution >= 4 is 33.7 Å². The minimum atomic E-state index is -1.13. The lowest BCUT2D eigenvalue weighted by Crippen LogP contribution is -2.13. The van der Waals surface area contributed by atoms with Gasteiger partial charge >= 0.3 is 0 Å². The van der Waals surface area contributed by atoms with E-state index in [1.807, 2.05) is 13.8 Å². The van der Waals surface area contributed by atoms with E-state index in [-0.39, 0.29) is 5.92 Å². The van der Waals surface area contributed by atoms with Crippen molar-refractivity contribution in [1.29, 1.82) is 0 Å². The first kappa shape index (κ1) is 14.8. The molecule has 4 heteroatoms. The Bertz CT molecular complexity index is 510.